The molecular weight excluding hydrogens is 376 g/mol. The summed E-state index contributed by atoms with van der Waals surface area (Å²) in [5.41, 5.74) is 3.04. The number of methoxy groups -OCH3 is 1. The standard InChI is InChI=1S/C21H28N2O4S/c1-14(2)19-12-7-9-15(3)20(19)22-21(24)16(4)23(28(6,25)26)17-10-8-11-18(13-17)27-5/h7-14,16H,1-6H3,(H,22,24). The molecule has 0 aliphatic rings. The third-order valence-corrected chi connectivity index (χ3v) is 5.81. The van der Waals surface area contributed by atoms with Crippen molar-refractivity contribution in [2.75, 3.05) is 23.0 Å². The summed E-state index contributed by atoms with van der Waals surface area (Å²) in [5, 5.41) is 2.93. The highest BCUT2D eigenvalue weighted by Crippen LogP contribution is 2.29. The van der Waals surface area contributed by atoms with Crippen molar-refractivity contribution in [3.05, 3.63) is 53.6 Å². The fourth-order valence-corrected chi connectivity index (χ4v) is 4.29. The second kappa shape index (κ2) is 8.65. The molecule has 1 amide bonds. The van der Waals surface area contributed by atoms with Crippen molar-refractivity contribution in [1.29, 1.82) is 0 Å². The highest BCUT2D eigenvalue weighted by molar-refractivity contribution is 7.92. The number of hydrogen-bond acceptors (Lipinski definition) is 4. The fraction of sp³-hybridized carbons (Fsp3) is 0.381. The number of ether oxygens (including phenoxy) is 1. The van der Waals surface area contributed by atoms with E-state index in [0.29, 0.717) is 11.4 Å². The van der Waals surface area contributed by atoms with Crippen LogP contribution in [-0.4, -0.2) is 33.7 Å². The molecule has 0 saturated heterocycles. The first kappa shape index (κ1) is 21.8. The molecule has 0 fully saturated rings. The number of rotatable bonds is 7. The summed E-state index contributed by atoms with van der Waals surface area (Å²) < 4.78 is 31.3. The van der Waals surface area contributed by atoms with Crippen LogP contribution >= 0.6 is 0 Å². The van der Waals surface area contributed by atoms with Gasteiger partial charge in [-0.05, 0) is 43.0 Å². The zero-order valence-corrected chi connectivity index (χ0v) is 18.0. The lowest BCUT2D eigenvalue weighted by Gasteiger charge is -2.29. The van der Waals surface area contributed by atoms with Crippen LogP contribution in [0.25, 0.3) is 0 Å². The Hall–Kier alpha value is -2.54. The number of para-hydroxylation sites is 1. The smallest absolute Gasteiger partial charge is 0.248 e. The average molecular weight is 405 g/mol. The van der Waals surface area contributed by atoms with Gasteiger partial charge in [0.15, 0.2) is 0 Å². The van der Waals surface area contributed by atoms with Gasteiger partial charge in [-0.1, -0.05) is 38.1 Å². The number of benzene rings is 2. The van der Waals surface area contributed by atoms with Crippen LogP contribution in [0.4, 0.5) is 11.4 Å². The van der Waals surface area contributed by atoms with Gasteiger partial charge < -0.3 is 10.1 Å². The Labute approximate surface area is 167 Å². The van der Waals surface area contributed by atoms with E-state index in [4.69, 9.17) is 4.74 Å². The van der Waals surface area contributed by atoms with Crippen molar-refractivity contribution in [3.63, 3.8) is 0 Å². The summed E-state index contributed by atoms with van der Waals surface area (Å²) in [5.74, 6) is 0.333. The van der Waals surface area contributed by atoms with E-state index in [1.165, 1.54) is 7.11 Å². The van der Waals surface area contributed by atoms with E-state index in [2.05, 4.69) is 5.32 Å². The normalized spacial score (nSPS) is 12.5. The quantitative estimate of drug-likeness (QED) is 0.759. The Kier molecular flexibility index (Phi) is 6.72. The van der Waals surface area contributed by atoms with Crippen molar-refractivity contribution < 1.29 is 17.9 Å². The largest absolute Gasteiger partial charge is 0.497 e. The molecule has 0 heterocycles. The number of carbonyl (C=O) groups excluding carboxylic acids is 1. The van der Waals surface area contributed by atoms with Gasteiger partial charge in [0.2, 0.25) is 15.9 Å². The van der Waals surface area contributed by atoms with E-state index in [0.717, 1.165) is 27.4 Å². The van der Waals surface area contributed by atoms with Crippen molar-refractivity contribution in [2.45, 2.75) is 39.7 Å². The van der Waals surface area contributed by atoms with Crippen molar-refractivity contribution >= 4 is 27.3 Å². The van der Waals surface area contributed by atoms with Crippen molar-refractivity contribution in [1.82, 2.24) is 0 Å². The predicted molar refractivity (Wildman–Crippen MR) is 114 cm³/mol. The Morgan fingerprint density at radius 1 is 1.11 bits per heavy atom. The number of anilines is 2. The predicted octanol–water partition coefficient (Wildman–Crippen LogP) is 3.92. The minimum atomic E-state index is -3.70. The maximum Gasteiger partial charge on any atom is 0.248 e. The van der Waals surface area contributed by atoms with E-state index in [1.54, 1.807) is 31.2 Å². The SMILES string of the molecule is COc1cccc(N(C(C)C(=O)Nc2c(C)cccc2C(C)C)S(C)(=O)=O)c1. The van der Waals surface area contributed by atoms with Crippen LogP contribution in [-0.2, 0) is 14.8 Å². The summed E-state index contributed by atoms with van der Waals surface area (Å²) in [6.07, 6.45) is 1.09. The first-order chi connectivity index (χ1) is 13.1. The van der Waals surface area contributed by atoms with Crippen molar-refractivity contribution in [3.8, 4) is 5.75 Å². The number of aryl methyl sites for hydroxylation is 1. The molecule has 0 spiro atoms. The minimum Gasteiger partial charge on any atom is -0.497 e. The van der Waals surface area contributed by atoms with E-state index in [1.807, 2.05) is 39.0 Å². The second-order valence-electron chi connectivity index (χ2n) is 7.12. The van der Waals surface area contributed by atoms with Gasteiger partial charge in [-0.25, -0.2) is 8.42 Å². The molecule has 7 heteroatoms. The molecule has 152 valence electrons. The van der Waals surface area contributed by atoms with Crippen LogP contribution in [0.3, 0.4) is 0 Å². The first-order valence-corrected chi connectivity index (χ1v) is 10.9. The first-order valence-electron chi connectivity index (χ1n) is 9.10. The molecule has 2 aromatic rings. The van der Waals surface area contributed by atoms with Gasteiger partial charge in [0.25, 0.3) is 0 Å². The van der Waals surface area contributed by atoms with E-state index >= 15 is 0 Å². The summed E-state index contributed by atoms with van der Waals surface area (Å²) in [4.78, 5) is 13.0. The van der Waals surface area contributed by atoms with E-state index in [9.17, 15) is 13.2 Å². The van der Waals surface area contributed by atoms with Gasteiger partial charge in [0, 0.05) is 11.8 Å². The number of sulfonamides is 1. The third-order valence-electron chi connectivity index (χ3n) is 4.57. The Morgan fingerprint density at radius 3 is 2.32 bits per heavy atom. The number of amides is 1. The van der Waals surface area contributed by atoms with Gasteiger partial charge >= 0.3 is 0 Å². The molecule has 2 rings (SSSR count). The molecule has 0 bridgehead atoms. The molecule has 6 nitrogen and oxygen atoms in total. The Balaban J connectivity index is 2.41. The zero-order valence-electron chi connectivity index (χ0n) is 17.2. The molecule has 0 aromatic heterocycles. The van der Waals surface area contributed by atoms with Gasteiger partial charge in [-0.3, -0.25) is 9.10 Å². The molecule has 0 radical (unpaired) electrons. The molecule has 0 aliphatic carbocycles. The van der Waals surface area contributed by atoms with Gasteiger partial charge in [0.05, 0.1) is 19.1 Å². The maximum absolute atomic E-state index is 13.0. The van der Waals surface area contributed by atoms with Gasteiger partial charge in [0.1, 0.15) is 11.8 Å². The minimum absolute atomic E-state index is 0.218. The molecule has 1 unspecified atom stereocenters. The number of hydrogen-bond donors (Lipinski definition) is 1. The summed E-state index contributed by atoms with van der Waals surface area (Å²) in [6.45, 7) is 7.59. The lowest BCUT2D eigenvalue weighted by atomic mass is 9.98. The summed E-state index contributed by atoms with van der Waals surface area (Å²) >= 11 is 0. The number of nitrogens with one attached hydrogen (secondary N) is 1. The van der Waals surface area contributed by atoms with Crippen LogP contribution in [0.1, 0.15) is 37.8 Å². The zero-order chi connectivity index (χ0) is 21.1. The number of nitrogens with zero attached hydrogens (tertiary/aromatic N) is 1. The molecular formula is C21H28N2O4S. The van der Waals surface area contributed by atoms with Gasteiger partial charge in [-0.2, -0.15) is 0 Å². The van der Waals surface area contributed by atoms with Gasteiger partial charge in [-0.15, -0.1) is 0 Å². The molecule has 0 aliphatic heterocycles. The lowest BCUT2D eigenvalue weighted by Crippen LogP contribution is -2.45. The second-order valence-corrected chi connectivity index (χ2v) is 8.98. The molecule has 2 aromatic carbocycles. The molecule has 1 N–H and O–H groups in total. The fourth-order valence-electron chi connectivity index (χ4n) is 3.13. The molecule has 1 atom stereocenters. The van der Waals surface area contributed by atoms with E-state index in [-0.39, 0.29) is 5.92 Å². The average Bonchev–Trinajstić information content (AvgIpc) is 2.62. The van der Waals surface area contributed by atoms with Crippen LogP contribution in [0, 0.1) is 6.92 Å². The summed E-state index contributed by atoms with van der Waals surface area (Å²) in [6, 6.07) is 11.5. The highest BCUT2D eigenvalue weighted by Gasteiger charge is 2.30. The number of carbonyl (C=O) groups is 1. The Bertz CT molecular complexity index is 955. The van der Waals surface area contributed by atoms with Crippen LogP contribution in [0.15, 0.2) is 42.5 Å². The van der Waals surface area contributed by atoms with Crippen LogP contribution in [0.2, 0.25) is 0 Å². The van der Waals surface area contributed by atoms with Crippen molar-refractivity contribution in [2.24, 2.45) is 0 Å². The molecule has 0 saturated carbocycles. The topological polar surface area (TPSA) is 75.7 Å². The highest BCUT2D eigenvalue weighted by atomic mass is 32.2. The van der Waals surface area contributed by atoms with Crippen LogP contribution in [0.5, 0.6) is 5.75 Å². The third kappa shape index (κ3) is 4.84. The maximum atomic E-state index is 13.0. The van der Waals surface area contributed by atoms with Crippen LogP contribution < -0.4 is 14.4 Å². The lowest BCUT2D eigenvalue weighted by molar-refractivity contribution is -0.116. The Morgan fingerprint density at radius 2 is 1.75 bits per heavy atom. The molecule has 28 heavy (non-hydrogen) atoms. The monoisotopic (exact) mass is 404 g/mol. The summed E-state index contributed by atoms with van der Waals surface area (Å²) in [7, 11) is -2.19. The van der Waals surface area contributed by atoms with E-state index < -0.39 is 22.0 Å².